The van der Waals surface area contributed by atoms with Crippen LogP contribution in [0.25, 0.3) is 0 Å². The van der Waals surface area contributed by atoms with Crippen LogP contribution in [0.15, 0.2) is 49.3 Å². The van der Waals surface area contributed by atoms with Crippen molar-refractivity contribution < 1.29 is 70.8 Å². The van der Waals surface area contributed by atoms with E-state index in [-0.39, 0.29) is 57.9 Å². The number of aryl methyl sites for hydroxylation is 1. The summed E-state index contributed by atoms with van der Waals surface area (Å²) in [5, 5.41) is 13.8. The average Bonchev–Trinajstić information content (AvgIpc) is 3.04. The molecule has 1 heterocycles. The van der Waals surface area contributed by atoms with E-state index in [0.717, 1.165) is 4.90 Å². The first kappa shape index (κ1) is 23.4. The summed E-state index contributed by atoms with van der Waals surface area (Å²) in [5.74, 6) is -0.196. The van der Waals surface area contributed by atoms with Crippen molar-refractivity contribution >= 4 is 12.0 Å². The van der Waals surface area contributed by atoms with Crippen LogP contribution in [0.4, 0.5) is 4.79 Å². The van der Waals surface area contributed by atoms with Gasteiger partial charge in [-0.15, -0.1) is 6.58 Å². The number of rotatable bonds is 8. The predicted octanol–water partition coefficient (Wildman–Crippen LogP) is -2.53. The summed E-state index contributed by atoms with van der Waals surface area (Å²) in [6.45, 7) is 3.07. The number of imidazole rings is 1. The van der Waals surface area contributed by atoms with Gasteiger partial charge in [-0.1, -0.05) is 24.3 Å². The topological polar surface area (TPSA) is 99.5 Å². The van der Waals surface area contributed by atoms with Gasteiger partial charge in [-0.2, -0.15) is 0 Å². The number of hydrogen-bond donors (Lipinski definition) is 1. The van der Waals surface area contributed by atoms with Gasteiger partial charge < -0.3 is 29.4 Å². The largest absolute Gasteiger partial charge is 1.00 e. The first-order valence-corrected chi connectivity index (χ1v) is 7.94. The van der Waals surface area contributed by atoms with E-state index >= 15 is 0 Å². The van der Waals surface area contributed by atoms with Crippen LogP contribution >= 0.6 is 0 Å². The molecule has 1 atom stereocenters. The molecular weight excluding hydrogens is 375 g/mol. The SMILES string of the molecule is C=CCN(CC(=O)[O-])C(=O)NC(c1ccccc1OC)c1nccn1C.[K+]. The first-order chi connectivity index (χ1) is 12.5. The molecule has 1 N–H and O–H groups in total. The summed E-state index contributed by atoms with van der Waals surface area (Å²) in [6, 6.07) is 6.03. The fraction of sp³-hybridized carbons (Fsp3) is 0.278. The molecule has 2 rings (SSSR count). The van der Waals surface area contributed by atoms with Gasteiger partial charge in [0.2, 0.25) is 0 Å². The van der Waals surface area contributed by atoms with Crippen molar-refractivity contribution in [3.63, 3.8) is 0 Å². The van der Waals surface area contributed by atoms with Gasteiger partial charge >= 0.3 is 57.4 Å². The van der Waals surface area contributed by atoms with Gasteiger partial charge in [0.1, 0.15) is 17.6 Å². The number of urea groups is 1. The number of methoxy groups -OCH3 is 1. The van der Waals surface area contributed by atoms with E-state index in [9.17, 15) is 14.7 Å². The number of amides is 2. The Kier molecular flexibility index (Phi) is 9.74. The molecule has 1 aromatic carbocycles. The van der Waals surface area contributed by atoms with Crippen molar-refractivity contribution in [2.45, 2.75) is 6.04 Å². The number of carbonyl (C=O) groups is 2. The molecule has 0 aliphatic carbocycles. The smallest absolute Gasteiger partial charge is 0.548 e. The number of nitrogens with one attached hydrogen (secondary N) is 1. The van der Waals surface area contributed by atoms with E-state index in [4.69, 9.17) is 4.74 Å². The average molecular weight is 396 g/mol. The number of ether oxygens (including phenoxy) is 1. The number of carbonyl (C=O) groups excluding carboxylic acids is 2. The molecule has 0 fully saturated rings. The van der Waals surface area contributed by atoms with Gasteiger partial charge in [-0.25, -0.2) is 9.78 Å². The van der Waals surface area contributed by atoms with Gasteiger partial charge in [0.25, 0.3) is 0 Å². The third-order valence-corrected chi connectivity index (χ3v) is 3.79. The van der Waals surface area contributed by atoms with E-state index in [1.807, 2.05) is 18.2 Å². The Labute approximate surface area is 200 Å². The molecule has 9 heteroatoms. The normalized spacial score (nSPS) is 11.0. The summed E-state index contributed by atoms with van der Waals surface area (Å²) < 4.78 is 7.17. The van der Waals surface area contributed by atoms with Crippen molar-refractivity contribution in [2.75, 3.05) is 20.2 Å². The molecule has 0 radical (unpaired) electrons. The van der Waals surface area contributed by atoms with Gasteiger partial charge in [0.05, 0.1) is 19.6 Å². The molecule has 1 unspecified atom stereocenters. The van der Waals surface area contributed by atoms with Crippen LogP contribution in [0.1, 0.15) is 17.4 Å². The Morgan fingerprint density at radius 2 is 2.15 bits per heavy atom. The quantitative estimate of drug-likeness (QED) is 0.392. The van der Waals surface area contributed by atoms with Crippen LogP contribution in [-0.2, 0) is 11.8 Å². The van der Waals surface area contributed by atoms with E-state index < -0.39 is 24.6 Å². The molecule has 0 saturated carbocycles. The standard InChI is InChI=1S/C18H22N4O4.K/c1-4-10-22(12-15(23)24)18(25)20-16(17-19-9-11-21(17)2)13-7-5-6-8-14(13)26-3;/h4-9,11,16H,1,10,12H2,2-3H3,(H,20,25)(H,23,24);/q;+1/p-1. The second kappa shape index (κ2) is 11.2. The maximum absolute atomic E-state index is 12.7. The minimum atomic E-state index is -1.35. The molecular formula is C18H21KN4O4. The van der Waals surface area contributed by atoms with Crippen molar-refractivity contribution in [3.05, 3.63) is 60.7 Å². The van der Waals surface area contributed by atoms with Crippen LogP contribution in [0.5, 0.6) is 5.75 Å². The number of benzene rings is 1. The van der Waals surface area contributed by atoms with E-state index in [1.165, 1.54) is 13.2 Å². The zero-order valence-electron chi connectivity index (χ0n) is 15.7. The van der Waals surface area contributed by atoms with E-state index in [1.54, 1.807) is 30.1 Å². The summed E-state index contributed by atoms with van der Waals surface area (Å²) in [6.07, 6.45) is 4.82. The van der Waals surface area contributed by atoms with Gasteiger partial charge in [-0.3, -0.25) is 0 Å². The Hall–Kier alpha value is -1.65. The molecule has 1 aromatic heterocycles. The van der Waals surface area contributed by atoms with Crippen molar-refractivity contribution in [1.29, 1.82) is 0 Å². The van der Waals surface area contributed by atoms with Crippen LogP contribution < -0.4 is 66.5 Å². The Morgan fingerprint density at radius 1 is 1.44 bits per heavy atom. The third kappa shape index (κ3) is 6.18. The first-order valence-electron chi connectivity index (χ1n) is 7.94. The number of hydrogen-bond acceptors (Lipinski definition) is 5. The molecule has 0 bridgehead atoms. The van der Waals surface area contributed by atoms with E-state index in [0.29, 0.717) is 17.1 Å². The molecule has 8 nitrogen and oxygen atoms in total. The molecule has 0 spiro atoms. The number of para-hydroxylation sites is 1. The van der Waals surface area contributed by atoms with Crippen LogP contribution in [0.2, 0.25) is 0 Å². The summed E-state index contributed by atoms with van der Waals surface area (Å²) >= 11 is 0. The number of aromatic nitrogens is 2. The summed E-state index contributed by atoms with van der Waals surface area (Å²) in [4.78, 5) is 29.0. The monoisotopic (exact) mass is 396 g/mol. The second-order valence-corrected chi connectivity index (χ2v) is 5.56. The van der Waals surface area contributed by atoms with Crippen molar-refractivity contribution in [3.8, 4) is 5.75 Å². The van der Waals surface area contributed by atoms with Crippen LogP contribution in [0.3, 0.4) is 0 Å². The molecule has 2 aromatic rings. The molecule has 0 aliphatic rings. The Balaban J connectivity index is 0.00000364. The summed E-state index contributed by atoms with van der Waals surface area (Å²) in [5.41, 5.74) is 0.699. The zero-order chi connectivity index (χ0) is 19.1. The van der Waals surface area contributed by atoms with Crippen LogP contribution in [-0.4, -0.2) is 46.7 Å². The minimum Gasteiger partial charge on any atom is -0.548 e. The predicted molar refractivity (Wildman–Crippen MR) is 93.4 cm³/mol. The second-order valence-electron chi connectivity index (χ2n) is 5.56. The van der Waals surface area contributed by atoms with Gasteiger partial charge in [0, 0.05) is 31.5 Å². The third-order valence-electron chi connectivity index (χ3n) is 3.79. The van der Waals surface area contributed by atoms with Crippen molar-refractivity contribution in [1.82, 2.24) is 19.8 Å². The fourth-order valence-corrected chi connectivity index (χ4v) is 2.59. The maximum Gasteiger partial charge on any atom is 1.00 e. The van der Waals surface area contributed by atoms with E-state index in [2.05, 4.69) is 16.9 Å². The Bertz CT molecular complexity index is 793. The van der Waals surface area contributed by atoms with Crippen LogP contribution in [0, 0.1) is 0 Å². The fourth-order valence-electron chi connectivity index (χ4n) is 2.59. The van der Waals surface area contributed by atoms with Crippen molar-refractivity contribution in [2.24, 2.45) is 7.05 Å². The number of carboxylic acid groups (broad SMARTS) is 1. The zero-order valence-corrected chi connectivity index (χ0v) is 18.8. The molecule has 27 heavy (non-hydrogen) atoms. The maximum atomic E-state index is 12.7. The number of aliphatic carboxylic acids is 1. The molecule has 0 aliphatic heterocycles. The van der Waals surface area contributed by atoms with Gasteiger partial charge in [0.15, 0.2) is 0 Å². The molecule has 2 amide bonds. The number of nitrogens with zero attached hydrogens (tertiary/aromatic N) is 3. The van der Waals surface area contributed by atoms with Gasteiger partial charge in [-0.05, 0) is 6.07 Å². The minimum absolute atomic E-state index is 0. The number of carboxylic acids is 1. The molecule has 0 saturated heterocycles. The summed E-state index contributed by atoms with van der Waals surface area (Å²) in [7, 11) is 3.34. The molecule has 138 valence electrons. The Morgan fingerprint density at radius 3 is 2.70 bits per heavy atom.